The molecule has 0 spiro atoms. The minimum absolute atomic E-state index is 0.0393. The van der Waals surface area contributed by atoms with Gasteiger partial charge in [-0.1, -0.05) is 196 Å². The molecule has 446 valence electrons. The maximum atomic E-state index is 6.04. The van der Waals surface area contributed by atoms with Crippen LogP contribution in [-0.2, 0) is 5.41 Å². The summed E-state index contributed by atoms with van der Waals surface area (Å²) in [5.41, 5.74) is 19.2. The molecule has 0 aliphatic heterocycles. The molecule has 0 unspecified atom stereocenters. The van der Waals surface area contributed by atoms with E-state index in [1.807, 2.05) is 47.7 Å². The van der Waals surface area contributed by atoms with Crippen LogP contribution in [0.3, 0.4) is 0 Å². The van der Waals surface area contributed by atoms with Gasteiger partial charge in [-0.15, -0.1) is 11.3 Å². The van der Waals surface area contributed by atoms with Gasteiger partial charge in [-0.2, -0.15) is 0 Å². The van der Waals surface area contributed by atoms with Crippen LogP contribution in [0.2, 0.25) is 0 Å². The number of para-hydroxylation sites is 4. The molecule has 94 heavy (non-hydrogen) atoms. The Hall–Kier alpha value is -11.9. The van der Waals surface area contributed by atoms with Crippen molar-refractivity contribution in [2.24, 2.45) is 0 Å². The largest absolute Gasteiger partial charge is 0.456 e. The molecule has 7 heteroatoms. The molecule has 19 aromatic rings. The van der Waals surface area contributed by atoms with E-state index in [1.54, 1.807) is 0 Å². The Morgan fingerprint density at radius 1 is 0.266 bits per heavy atom. The Kier molecular flexibility index (Phi) is 13.0. The summed E-state index contributed by atoms with van der Waals surface area (Å²) in [6.07, 6.45) is 0. The number of nitrogens with zero attached hydrogens (tertiary/aromatic N) is 1. The molecule has 1 aliphatic rings. The zero-order valence-corrected chi connectivity index (χ0v) is 52.4. The second kappa shape index (κ2) is 22.2. The first-order valence-electron chi connectivity index (χ1n) is 32.0. The number of benzene rings is 15. The average molecular weight is 1230 g/mol. The zero-order chi connectivity index (χ0) is 62.4. The van der Waals surface area contributed by atoms with Gasteiger partial charge < -0.3 is 29.4 Å². The number of furan rings is 2. The van der Waals surface area contributed by atoms with Gasteiger partial charge in [-0.25, -0.2) is 0 Å². The second-order valence-electron chi connectivity index (χ2n) is 25.0. The summed E-state index contributed by atoms with van der Waals surface area (Å²) in [4.78, 5) is 0. The van der Waals surface area contributed by atoms with Crippen LogP contribution in [0.5, 0.6) is 0 Å². The van der Waals surface area contributed by atoms with Crippen molar-refractivity contribution in [2.45, 2.75) is 19.3 Å². The third-order valence-corrected chi connectivity index (χ3v) is 20.1. The summed E-state index contributed by atoms with van der Waals surface area (Å²) in [5.74, 6) is 0. The van der Waals surface area contributed by atoms with Gasteiger partial charge in [-0.3, -0.25) is 0 Å². The lowest BCUT2D eigenvalue weighted by molar-refractivity contribution is 0.660. The van der Waals surface area contributed by atoms with Gasteiger partial charge in [0.2, 0.25) is 0 Å². The standard InChI is InChI=1S/C30H20N2S.C30H19NO.C27H21NO/c1-2-8-22(9-3-1)32-27-12-6-4-10-23(27)26-18-20(15-17-28(26)32)31-21-14-16-25-24-11-5-7-13-29(24)33-30(25)19-21;1-2-9-23-21(7-1)22-8-3-4-10-24(22)27-17-19(13-15-25(23)27)31-20-14-16-30-28(18-20)26-11-5-6-12-29(26)32-30;1-27(2)23-9-5-3-7-19(23)22-15-17(12-14-24(22)27)28-18-11-13-21-20-8-4-6-10-25(20)29-26(21)16-18/h1-19,31H;1-18,31H;3-16,28H,1-2H3. The first-order chi connectivity index (χ1) is 46.3. The van der Waals surface area contributed by atoms with Crippen LogP contribution in [-0.4, -0.2) is 4.57 Å². The summed E-state index contributed by atoms with van der Waals surface area (Å²) in [6, 6.07) is 110. The topological polar surface area (TPSA) is 67.3 Å². The second-order valence-corrected chi connectivity index (χ2v) is 26.1. The number of hydrogen-bond acceptors (Lipinski definition) is 6. The smallest absolute Gasteiger partial charge is 0.137 e. The van der Waals surface area contributed by atoms with Crippen molar-refractivity contribution < 1.29 is 8.83 Å². The Morgan fingerprint density at radius 2 is 0.691 bits per heavy atom. The molecule has 0 saturated carbocycles. The van der Waals surface area contributed by atoms with Crippen molar-refractivity contribution in [1.82, 2.24) is 4.57 Å². The fourth-order valence-electron chi connectivity index (χ4n) is 14.6. The quantitative estimate of drug-likeness (QED) is 0.139. The van der Waals surface area contributed by atoms with Gasteiger partial charge in [-0.05, 0) is 176 Å². The predicted octanol–water partition coefficient (Wildman–Crippen LogP) is 25.3. The highest BCUT2D eigenvalue weighted by Gasteiger charge is 2.35. The Balaban J connectivity index is 0.000000104. The van der Waals surface area contributed by atoms with Crippen LogP contribution in [0, 0.1) is 0 Å². The van der Waals surface area contributed by atoms with Crippen LogP contribution in [0.1, 0.15) is 25.0 Å². The number of hydrogen-bond donors (Lipinski definition) is 3. The number of thiophene rings is 1. The Labute approximate surface area is 546 Å². The highest BCUT2D eigenvalue weighted by molar-refractivity contribution is 7.25. The molecule has 0 saturated heterocycles. The van der Waals surface area contributed by atoms with E-state index in [2.05, 4.69) is 307 Å². The number of rotatable bonds is 7. The Bertz CT molecular complexity index is 6170. The molecule has 0 amide bonds. The monoisotopic (exact) mass is 1220 g/mol. The van der Waals surface area contributed by atoms with Gasteiger partial charge in [0.05, 0.1) is 11.0 Å². The fourth-order valence-corrected chi connectivity index (χ4v) is 15.7. The van der Waals surface area contributed by atoms with Gasteiger partial charge >= 0.3 is 0 Å². The molecule has 4 aromatic heterocycles. The van der Waals surface area contributed by atoms with E-state index in [1.165, 1.54) is 102 Å². The molecule has 0 radical (unpaired) electrons. The lowest BCUT2D eigenvalue weighted by Gasteiger charge is -2.21. The zero-order valence-electron chi connectivity index (χ0n) is 51.6. The van der Waals surface area contributed by atoms with Crippen LogP contribution in [0.15, 0.2) is 318 Å². The van der Waals surface area contributed by atoms with E-state index in [0.29, 0.717) is 0 Å². The molecule has 4 heterocycles. The summed E-state index contributed by atoms with van der Waals surface area (Å²) < 4.78 is 17.0. The van der Waals surface area contributed by atoms with Crippen molar-refractivity contribution in [3.8, 4) is 16.8 Å². The van der Waals surface area contributed by atoms with Crippen molar-refractivity contribution in [2.75, 3.05) is 16.0 Å². The van der Waals surface area contributed by atoms with E-state index in [4.69, 9.17) is 8.83 Å². The van der Waals surface area contributed by atoms with E-state index >= 15 is 0 Å². The first kappa shape index (κ1) is 55.0. The third kappa shape index (κ3) is 9.38. The minimum atomic E-state index is 0.0393. The van der Waals surface area contributed by atoms with Crippen molar-refractivity contribution in [3.63, 3.8) is 0 Å². The van der Waals surface area contributed by atoms with Crippen LogP contribution in [0.4, 0.5) is 34.1 Å². The SMILES string of the molecule is CC1(C)c2ccccc2-c2cc(Nc3ccc4c(c3)oc3ccccc34)ccc21.c1ccc(-n2c3ccccc3c3cc(Nc4ccc5c(c4)sc4ccccc45)ccc32)cc1.c1ccc2c(c1)oc1ccc(Nc3ccc4c5ccccc5c5ccccc5c4c3)cc12. The van der Waals surface area contributed by atoms with E-state index < -0.39 is 0 Å². The van der Waals surface area contributed by atoms with Gasteiger partial charge in [0.15, 0.2) is 0 Å². The maximum absolute atomic E-state index is 6.04. The lowest BCUT2D eigenvalue weighted by Crippen LogP contribution is -2.14. The lowest BCUT2D eigenvalue weighted by atomic mass is 9.82. The first-order valence-corrected chi connectivity index (χ1v) is 32.8. The van der Waals surface area contributed by atoms with E-state index in [0.717, 1.165) is 78.0 Å². The molecular formula is C87H60N4O2S. The van der Waals surface area contributed by atoms with Crippen LogP contribution in [0.25, 0.3) is 135 Å². The van der Waals surface area contributed by atoms with Gasteiger partial charge in [0.1, 0.15) is 22.3 Å². The Morgan fingerprint density at radius 3 is 1.41 bits per heavy atom. The molecular weight excluding hydrogens is 1170 g/mol. The molecule has 1 aliphatic carbocycles. The van der Waals surface area contributed by atoms with Crippen molar-refractivity contribution in [3.05, 3.63) is 321 Å². The summed E-state index contributed by atoms with van der Waals surface area (Å²) >= 11 is 1.85. The molecule has 0 fully saturated rings. The highest BCUT2D eigenvalue weighted by Crippen LogP contribution is 2.50. The van der Waals surface area contributed by atoms with Gasteiger partial charge in [0, 0.05) is 104 Å². The highest BCUT2D eigenvalue weighted by atomic mass is 32.1. The number of anilines is 6. The van der Waals surface area contributed by atoms with E-state index in [9.17, 15) is 0 Å². The number of fused-ring (bicyclic) bond motifs is 21. The molecule has 3 N–H and O–H groups in total. The molecule has 0 atom stereocenters. The summed E-state index contributed by atoms with van der Waals surface area (Å²) in [6.45, 7) is 4.61. The summed E-state index contributed by atoms with van der Waals surface area (Å²) in [7, 11) is 0. The van der Waals surface area contributed by atoms with E-state index in [-0.39, 0.29) is 5.41 Å². The molecule has 0 bridgehead atoms. The normalized spacial score (nSPS) is 12.4. The van der Waals surface area contributed by atoms with Gasteiger partial charge in [0.25, 0.3) is 0 Å². The number of nitrogens with one attached hydrogen (secondary N) is 3. The minimum Gasteiger partial charge on any atom is -0.456 e. The fraction of sp³-hybridized carbons (Fsp3) is 0.0345. The molecule has 6 nitrogen and oxygen atoms in total. The predicted molar refractivity (Wildman–Crippen MR) is 400 cm³/mol. The third-order valence-electron chi connectivity index (χ3n) is 19.0. The van der Waals surface area contributed by atoms with Crippen LogP contribution < -0.4 is 16.0 Å². The average Bonchev–Trinajstić information content (AvgIpc) is 1.77. The molecule has 15 aromatic carbocycles. The van der Waals surface area contributed by atoms with Crippen molar-refractivity contribution in [1.29, 1.82) is 0 Å². The summed E-state index contributed by atoms with van der Waals surface area (Å²) in [5, 5.41) is 28.3. The number of aromatic nitrogens is 1. The maximum Gasteiger partial charge on any atom is 0.137 e. The van der Waals surface area contributed by atoms with Crippen molar-refractivity contribution >= 4 is 164 Å². The van der Waals surface area contributed by atoms with Crippen LogP contribution >= 0.6 is 11.3 Å². The molecule has 20 rings (SSSR count).